The molecule has 1 aromatic carbocycles. The molecule has 2 rings (SSSR count). The van der Waals surface area contributed by atoms with Gasteiger partial charge in [-0.05, 0) is 25.1 Å². The number of pyridine rings is 1. The number of hydrogen-bond donors (Lipinski definition) is 0. The fourth-order valence-electron chi connectivity index (χ4n) is 1.79. The first kappa shape index (κ1) is 13.5. The van der Waals surface area contributed by atoms with E-state index in [0.29, 0.717) is 17.0 Å². The van der Waals surface area contributed by atoms with Crippen molar-refractivity contribution in [3.8, 4) is 11.3 Å². The van der Waals surface area contributed by atoms with Crippen LogP contribution in [0.3, 0.4) is 0 Å². The van der Waals surface area contributed by atoms with Gasteiger partial charge < -0.3 is 4.74 Å². The summed E-state index contributed by atoms with van der Waals surface area (Å²) in [5, 5.41) is 0.192. The Labute approximate surface area is 115 Å². The van der Waals surface area contributed by atoms with Crippen LogP contribution in [0.2, 0.25) is 5.02 Å². The number of benzene rings is 1. The number of ether oxygens (including phenoxy) is 1. The molecule has 0 fully saturated rings. The normalized spacial score (nSPS) is 10.3. The van der Waals surface area contributed by atoms with Gasteiger partial charge in [0.05, 0.1) is 29.1 Å². The molecule has 0 aliphatic rings. The number of esters is 1. The second kappa shape index (κ2) is 5.36. The Balaban J connectivity index is 2.58. The maximum Gasteiger partial charge on any atom is 0.341 e. The number of aryl methyl sites for hydroxylation is 1. The molecule has 5 heteroatoms. The molecule has 0 aliphatic carbocycles. The van der Waals surface area contributed by atoms with Crippen molar-refractivity contribution < 1.29 is 13.9 Å². The zero-order valence-corrected chi connectivity index (χ0v) is 11.2. The van der Waals surface area contributed by atoms with Crippen molar-refractivity contribution in [2.75, 3.05) is 7.11 Å². The minimum absolute atomic E-state index is 0.192. The van der Waals surface area contributed by atoms with Gasteiger partial charge in [0.15, 0.2) is 0 Å². The molecule has 98 valence electrons. The molecule has 0 bridgehead atoms. The molecule has 0 radical (unpaired) electrons. The molecule has 0 N–H and O–H groups in total. The Kier molecular flexibility index (Phi) is 3.81. The molecule has 0 saturated heterocycles. The molecule has 1 heterocycles. The molecule has 19 heavy (non-hydrogen) atoms. The van der Waals surface area contributed by atoms with E-state index in [9.17, 15) is 9.18 Å². The van der Waals surface area contributed by atoms with Crippen LogP contribution in [0, 0.1) is 12.7 Å². The average molecular weight is 280 g/mol. The topological polar surface area (TPSA) is 39.2 Å². The third-order valence-electron chi connectivity index (χ3n) is 2.69. The van der Waals surface area contributed by atoms with Crippen LogP contribution in [0.4, 0.5) is 4.39 Å². The molecule has 1 aromatic heterocycles. The van der Waals surface area contributed by atoms with Crippen molar-refractivity contribution in [2.45, 2.75) is 6.92 Å². The van der Waals surface area contributed by atoms with Crippen molar-refractivity contribution in [1.82, 2.24) is 4.98 Å². The van der Waals surface area contributed by atoms with Crippen molar-refractivity contribution in [2.24, 2.45) is 0 Å². The summed E-state index contributed by atoms with van der Waals surface area (Å²) in [6.07, 6.45) is 0. The molecular weight excluding hydrogens is 269 g/mol. The summed E-state index contributed by atoms with van der Waals surface area (Å²) in [5.74, 6) is -0.952. The van der Waals surface area contributed by atoms with E-state index in [2.05, 4.69) is 9.72 Å². The van der Waals surface area contributed by atoms with Crippen molar-refractivity contribution >= 4 is 17.6 Å². The molecule has 2 aromatic rings. The Bertz CT molecular complexity index is 620. The van der Waals surface area contributed by atoms with Crippen molar-refractivity contribution in [3.63, 3.8) is 0 Å². The van der Waals surface area contributed by atoms with E-state index in [1.807, 2.05) is 0 Å². The summed E-state index contributed by atoms with van der Waals surface area (Å²) < 4.78 is 18.3. The molecule has 0 unspecified atom stereocenters. The predicted molar refractivity (Wildman–Crippen MR) is 70.7 cm³/mol. The van der Waals surface area contributed by atoms with Crippen LogP contribution < -0.4 is 0 Å². The number of hydrogen-bond acceptors (Lipinski definition) is 3. The fraction of sp³-hybridized carbons (Fsp3) is 0.143. The summed E-state index contributed by atoms with van der Waals surface area (Å²) >= 11 is 6.05. The number of nitrogens with zero attached hydrogens (tertiary/aromatic N) is 1. The van der Waals surface area contributed by atoms with Crippen LogP contribution in [-0.4, -0.2) is 18.1 Å². The maximum absolute atomic E-state index is 13.7. The van der Waals surface area contributed by atoms with E-state index in [1.54, 1.807) is 25.1 Å². The Morgan fingerprint density at radius 3 is 2.63 bits per heavy atom. The van der Waals surface area contributed by atoms with Crippen LogP contribution in [0.1, 0.15) is 16.1 Å². The van der Waals surface area contributed by atoms with Gasteiger partial charge in [0.25, 0.3) is 0 Å². The molecule has 0 aliphatic heterocycles. The quantitative estimate of drug-likeness (QED) is 0.788. The molecular formula is C14H11ClFNO2. The highest BCUT2D eigenvalue weighted by atomic mass is 35.5. The highest BCUT2D eigenvalue weighted by Gasteiger charge is 2.18. The van der Waals surface area contributed by atoms with E-state index < -0.39 is 11.8 Å². The summed E-state index contributed by atoms with van der Waals surface area (Å²) in [5.41, 5.74) is 1.32. The standard InChI is InChI=1S/C14H11ClFNO2/c1-8-13(14(18)19-2)10(15)7-12(17-8)9-5-3-4-6-11(9)16/h3-7H,1-2H3. The van der Waals surface area contributed by atoms with E-state index >= 15 is 0 Å². The van der Waals surface area contributed by atoms with E-state index in [-0.39, 0.29) is 10.6 Å². The lowest BCUT2D eigenvalue weighted by molar-refractivity contribution is 0.0599. The van der Waals surface area contributed by atoms with E-state index in [0.717, 1.165) is 0 Å². The smallest absolute Gasteiger partial charge is 0.341 e. The first-order chi connectivity index (χ1) is 9.04. The Morgan fingerprint density at radius 1 is 1.37 bits per heavy atom. The monoisotopic (exact) mass is 279 g/mol. The minimum Gasteiger partial charge on any atom is -0.465 e. The Hall–Kier alpha value is -1.94. The highest BCUT2D eigenvalue weighted by molar-refractivity contribution is 6.34. The molecule has 3 nitrogen and oxygen atoms in total. The van der Waals surface area contributed by atoms with Gasteiger partial charge >= 0.3 is 5.97 Å². The van der Waals surface area contributed by atoms with Crippen LogP contribution in [0.25, 0.3) is 11.3 Å². The molecule has 0 saturated carbocycles. The van der Waals surface area contributed by atoms with Crippen LogP contribution in [0.15, 0.2) is 30.3 Å². The zero-order chi connectivity index (χ0) is 14.0. The minimum atomic E-state index is -0.560. The number of aromatic nitrogens is 1. The largest absolute Gasteiger partial charge is 0.465 e. The highest BCUT2D eigenvalue weighted by Crippen LogP contribution is 2.27. The number of rotatable bonds is 2. The van der Waals surface area contributed by atoms with E-state index in [1.165, 1.54) is 19.2 Å². The molecule has 0 atom stereocenters. The van der Waals surface area contributed by atoms with Gasteiger partial charge in [-0.3, -0.25) is 4.98 Å². The van der Waals surface area contributed by atoms with Gasteiger partial charge in [0.1, 0.15) is 5.82 Å². The predicted octanol–water partition coefficient (Wildman–Crippen LogP) is 3.64. The lowest BCUT2D eigenvalue weighted by Gasteiger charge is -2.09. The molecule has 0 spiro atoms. The zero-order valence-electron chi connectivity index (χ0n) is 10.4. The van der Waals surface area contributed by atoms with Crippen molar-refractivity contribution in [1.29, 1.82) is 0 Å². The number of carbonyl (C=O) groups is 1. The SMILES string of the molecule is COC(=O)c1c(Cl)cc(-c2ccccc2F)nc1C. The summed E-state index contributed by atoms with van der Waals surface area (Å²) in [6, 6.07) is 7.70. The number of halogens is 2. The van der Waals surface area contributed by atoms with Crippen LogP contribution in [0.5, 0.6) is 0 Å². The number of methoxy groups -OCH3 is 1. The van der Waals surface area contributed by atoms with Gasteiger partial charge in [-0.2, -0.15) is 0 Å². The number of carbonyl (C=O) groups excluding carboxylic acids is 1. The lowest BCUT2D eigenvalue weighted by atomic mass is 10.1. The molecule has 0 amide bonds. The summed E-state index contributed by atoms with van der Waals surface area (Å²) in [4.78, 5) is 15.8. The third-order valence-corrected chi connectivity index (χ3v) is 2.99. The first-order valence-corrected chi connectivity index (χ1v) is 5.92. The third kappa shape index (κ3) is 2.58. The van der Waals surface area contributed by atoms with Crippen molar-refractivity contribution in [3.05, 3.63) is 52.4 Å². The van der Waals surface area contributed by atoms with Gasteiger partial charge in [-0.15, -0.1) is 0 Å². The maximum atomic E-state index is 13.7. The fourth-order valence-corrected chi connectivity index (χ4v) is 2.11. The Morgan fingerprint density at radius 2 is 2.05 bits per heavy atom. The van der Waals surface area contributed by atoms with Gasteiger partial charge in [0.2, 0.25) is 0 Å². The summed E-state index contributed by atoms with van der Waals surface area (Å²) in [6.45, 7) is 1.63. The summed E-state index contributed by atoms with van der Waals surface area (Å²) in [7, 11) is 1.27. The average Bonchev–Trinajstić information content (AvgIpc) is 2.38. The second-order valence-electron chi connectivity index (χ2n) is 3.92. The van der Waals surface area contributed by atoms with Crippen LogP contribution >= 0.6 is 11.6 Å². The lowest BCUT2D eigenvalue weighted by Crippen LogP contribution is -2.07. The van der Waals surface area contributed by atoms with Crippen LogP contribution in [-0.2, 0) is 4.74 Å². The second-order valence-corrected chi connectivity index (χ2v) is 4.33. The van der Waals surface area contributed by atoms with Gasteiger partial charge in [0, 0.05) is 5.56 Å². The van der Waals surface area contributed by atoms with Gasteiger partial charge in [-0.25, -0.2) is 9.18 Å². The first-order valence-electron chi connectivity index (χ1n) is 5.55. The van der Waals surface area contributed by atoms with Gasteiger partial charge in [-0.1, -0.05) is 23.7 Å². The van der Waals surface area contributed by atoms with E-state index in [4.69, 9.17) is 11.6 Å².